The fourth-order valence-electron chi connectivity index (χ4n) is 4.61. The third kappa shape index (κ3) is 5.10. The van der Waals surface area contributed by atoms with Gasteiger partial charge >= 0.3 is 0 Å². The minimum Gasteiger partial charge on any atom is -0.470 e. The van der Waals surface area contributed by atoms with E-state index in [1.165, 1.54) is 0 Å². The number of carbonyl (C=O) groups is 1. The molecule has 1 unspecified atom stereocenters. The molecule has 1 saturated carbocycles. The van der Waals surface area contributed by atoms with Crippen molar-refractivity contribution in [1.29, 1.82) is 0 Å². The summed E-state index contributed by atoms with van der Waals surface area (Å²) in [6, 6.07) is 13.3. The first kappa shape index (κ1) is 24.6. The summed E-state index contributed by atoms with van der Waals surface area (Å²) < 4.78 is 24.7. The van der Waals surface area contributed by atoms with E-state index in [0.717, 1.165) is 42.9 Å². The summed E-state index contributed by atoms with van der Waals surface area (Å²) in [7, 11) is 0. The summed E-state index contributed by atoms with van der Waals surface area (Å²) in [5.74, 6) is 1.26. The van der Waals surface area contributed by atoms with E-state index in [9.17, 15) is 4.79 Å². The third-order valence-corrected chi connectivity index (χ3v) is 6.92. The van der Waals surface area contributed by atoms with Gasteiger partial charge in [0.05, 0.1) is 11.3 Å². The lowest BCUT2D eigenvalue weighted by Crippen LogP contribution is -2.25. The highest BCUT2D eigenvalue weighted by molar-refractivity contribution is 5.97. The topological polar surface area (TPSA) is 139 Å². The average Bonchev–Trinajstić information content (AvgIpc) is 3.51. The van der Waals surface area contributed by atoms with Gasteiger partial charge in [-0.3, -0.25) is 9.78 Å². The maximum Gasteiger partial charge on any atom is 0.253 e. The molecule has 0 bridgehead atoms. The summed E-state index contributed by atoms with van der Waals surface area (Å²) >= 11 is 0. The zero-order valence-corrected chi connectivity index (χ0v) is 21.7. The van der Waals surface area contributed by atoms with E-state index in [1.807, 2.05) is 24.3 Å². The second kappa shape index (κ2) is 10.6. The van der Waals surface area contributed by atoms with Gasteiger partial charge in [0.1, 0.15) is 13.2 Å². The van der Waals surface area contributed by atoms with Crippen molar-refractivity contribution in [3.63, 3.8) is 0 Å². The molecule has 5 aromatic rings. The highest BCUT2D eigenvalue weighted by Gasteiger charge is 2.24. The Kier molecular flexibility index (Phi) is 6.54. The molecule has 1 amide bonds. The van der Waals surface area contributed by atoms with E-state index in [1.54, 1.807) is 28.9 Å². The smallest absolute Gasteiger partial charge is 0.253 e. The second-order valence-corrected chi connectivity index (χ2v) is 9.97. The highest BCUT2D eigenvalue weighted by atomic mass is 16.7. The van der Waals surface area contributed by atoms with Gasteiger partial charge in [-0.2, -0.15) is 4.52 Å². The number of rotatable bonds is 9. The van der Waals surface area contributed by atoms with Gasteiger partial charge in [0, 0.05) is 35.7 Å². The van der Waals surface area contributed by atoms with Crippen LogP contribution in [0, 0.1) is 0 Å². The molecule has 0 radical (unpaired) electrons. The molecule has 4 aromatic heterocycles. The Bertz CT molecular complexity index is 1660. The number of nitrogens with one attached hydrogen (secondary N) is 1. The number of amides is 1. The van der Waals surface area contributed by atoms with E-state index in [0.29, 0.717) is 52.7 Å². The van der Waals surface area contributed by atoms with Crippen molar-refractivity contribution >= 4 is 22.3 Å². The van der Waals surface area contributed by atoms with Crippen LogP contribution in [0.3, 0.4) is 0 Å². The molecule has 204 valence electrons. The van der Waals surface area contributed by atoms with E-state index < -0.39 is 0 Å². The molecule has 1 saturated heterocycles. The van der Waals surface area contributed by atoms with Crippen molar-refractivity contribution in [3.05, 3.63) is 65.7 Å². The summed E-state index contributed by atoms with van der Waals surface area (Å²) in [6.07, 6.45) is 6.41. The predicted molar refractivity (Wildman–Crippen MR) is 141 cm³/mol. The fourth-order valence-corrected chi connectivity index (χ4v) is 4.61. The maximum atomic E-state index is 12.3. The number of hydrogen-bond acceptors (Lipinski definition) is 10. The summed E-state index contributed by atoms with van der Waals surface area (Å²) in [4.78, 5) is 16.7. The molecular weight excluding hydrogens is 514 g/mol. The van der Waals surface area contributed by atoms with Crippen molar-refractivity contribution in [2.24, 2.45) is 0 Å². The third-order valence-electron chi connectivity index (χ3n) is 6.92. The molecule has 2 aliphatic rings. The molecular formula is C28H27N7O5. The predicted octanol–water partition coefficient (Wildman–Crippen LogP) is 3.84. The molecule has 12 nitrogen and oxygen atoms in total. The number of fused-ring (bicyclic) bond motifs is 3. The van der Waals surface area contributed by atoms with Crippen LogP contribution in [-0.2, 0) is 22.7 Å². The van der Waals surface area contributed by atoms with Gasteiger partial charge in [-0.25, -0.2) is 0 Å². The average molecular weight is 542 g/mol. The molecule has 1 aromatic carbocycles. The quantitative estimate of drug-likeness (QED) is 0.293. The molecule has 2 fully saturated rings. The minimum atomic E-state index is -0.227. The normalized spacial score (nSPS) is 17.4. The molecule has 1 aliphatic carbocycles. The fraction of sp³-hybridized carbons (Fsp3) is 0.357. The van der Waals surface area contributed by atoms with Crippen LogP contribution >= 0.6 is 0 Å². The number of carbonyl (C=O) groups excluding carboxylic acids is 1. The molecule has 7 rings (SSSR count). The Morgan fingerprint density at radius 1 is 1.05 bits per heavy atom. The van der Waals surface area contributed by atoms with Crippen LogP contribution in [0.5, 0.6) is 5.88 Å². The Hall–Kier alpha value is -4.42. The van der Waals surface area contributed by atoms with Crippen molar-refractivity contribution < 1.29 is 23.5 Å². The van der Waals surface area contributed by atoms with Crippen molar-refractivity contribution in [1.82, 2.24) is 35.3 Å². The Morgan fingerprint density at radius 2 is 1.95 bits per heavy atom. The van der Waals surface area contributed by atoms with Gasteiger partial charge in [-0.15, -0.1) is 15.3 Å². The number of benzene rings is 1. The second-order valence-electron chi connectivity index (χ2n) is 9.97. The zero-order chi connectivity index (χ0) is 26.9. The molecule has 0 spiro atoms. The molecule has 1 atom stereocenters. The standard InChI is InChI=1S/C28H27N7O5/c36-27(30-18-10-11-18)17-8-9-19(29-14-17)15-39-28-22-6-2-1-5-21(22)25-31-32-26(35(25)33-28)23-13-20(40-34-23)16-38-24-7-3-4-12-37-24/h1-2,5-6,8-9,13-14,18,24H,3-4,7,10-12,15-16H2,(H,30,36). The van der Waals surface area contributed by atoms with Crippen LogP contribution in [0.1, 0.15) is 53.9 Å². The summed E-state index contributed by atoms with van der Waals surface area (Å²) in [5.41, 5.74) is 2.24. The monoisotopic (exact) mass is 541 g/mol. The summed E-state index contributed by atoms with van der Waals surface area (Å²) in [5, 5.41) is 22.2. The van der Waals surface area contributed by atoms with Gasteiger partial charge in [0.25, 0.3) is 5.91 Å². The largest absolute Gasteiger partial charge is 0.470 e. The lowest BCUT2D eigenvalue weighted by atomic mass is 10.2. The number of ether oxygens (including phenoxy) is 3. The van der Waals surface area contributed by atoms with E-state index >= 15 is 0 Å². The van der Waals surface area contributed by atoms with Gasteiger partial charge in [0.2, 0.25) is 11.7 Å². The van der Waals surface area contributed by atoms with Crippen LogP contribution < -0.4 is 10.1 Å². The number of nitrogens with zero attached hydrogens (tertiary/aromatic N) is 6. The first-order valence-corrected chi connectivity index (χ1v) is 13.4. The first-order chi connectivity index (χ1) is 19.7. The van der Waals surface area contributed by atoms with Crippen LogP contribution in [0.15, 0.2) is 53.2 Å². The van der Waals surface area contributed by atoms with Gasteiger partial charge in [0.15, 0.2) is 23.4 Å². The SMILES string of the molecule is O=C(NC1CC1)c1ccc(COc2nn3c(-c4cc(COC5CCCCO5)on4)nnc3c3ccccc23)nc1. The minimum absolute atomic E-state index is 0.106. The first-order valence-electron chi connectivity index (χ1n) is 13.4. The highest BCUT2D eigenvalue weighted by Crippen LogP contribution is 2.29. The molecule has 40 heavy (non-hydrogen) atoms. The van der Waals surface area contributed by atoms with Crippen molar-refractivity contribution in [2.75, 3.05) is 6.61 Å². The van der Waals surface area contributed by atoms with E-state index in [-0.39, 0.29) is 25.4 Å². The lowest BCUT2D eigenvalue weighted by molar-refractivity contribution is -0.171. The summed E-state index contributed by atoms with van der Waals surface area (Å²) in [6.45, 7) is 1.12. The van der Waals surface area contributed by atoms with Crippen molar-refractivity contribution in [2.45, 2.75) is 57.6 Å². The van der Waals surface area contributed by atoms with Gasteiger partial charge < -0.3 is 24.1 Å². The van der Waals surface area contributed by atoms with Crippen LogP contribution in [-0.4, -0.2) is 54.8 Å². The van der Waals surface area contributed by atoms with E-state index in [4.69, 9.17) is 23.8 Å². The van der Waals surface area contributed by atoms with Crippen LogP contribution in [0.4, 0.5) is 0 Å². The zero-order valence-electron chi connectivity index (χ0n) is 21.7. The van der Waals surface area contributed by atoms with E-state index in [2.05, 4.69) is 25.7 Å². The van der Waals surface area contributed by atoms with Crippen LogP contribution in [0.2, 0.25) is 0 Å². The molecule has 1 aliphatic heterocycles. The van der Waals surface area contributed by atoms with Crippen LogP contribution in [0.25, 0.3) is 27.9 Å². The molecule has 5 heterocycles. The Balaban J connectivity index is 1.12. The number of pyridine rings is 1. The lowest BCUT2D eigenvalue weighted by Gasteiger charge is -2.21. The Morgan fingerprint density at radius 3 is 2.75 bits per heavy atom. The maximum absolute atomic E-state index is 12.3. The number of aromatic nitrogens is 6. The van der Waals surface area contributed by atoms with Crippen molar-refractivity contribution in [3.8, 4) is 17.4 Å². The molecule has 1 N–H and O–H groups in total. The van der Waals surface area contributed by atoms with Gasteiger partial charge in [-0.05, 0) is 50.3 Å². The number of hydrogen-bond donors (Lipinski definition) is 1. The van der Waals surface area contributed by atoms with Gasteiger partial charge in [-0.1, -0.05) is 23.4 Å². The molecule has 12 heteroatoms. The Labute approximate surface area is 228 Å².